The zero-order chi connectivity index (χ0) is 20.8. The molecule has 3 rings (SSSR count). The Morgan fingerprint density at radius 3 is 2.10 bits per heavy atom. The third-order valence-electron chi connectivity index (χ3n) is 4.70. The number of nitrogens with zero attached hydrogens (tertiary/aromatic N) is 2. The topological polar surface area (TPSA) is 99.1 Å². The average molecular weight is 392 g/mol. The number of nitrogens with two attached hydrogens (primary N) is 1. The zero-order valence-electron chi connectivity index (χ0n) is 16.3. The molecular weight excluding hydrogens is 368 g/mol. The Hall–Kier alpha value is -3.45. The molecule has 0 radical (unpaired) electrons. The van der Waals surface area contributed by atoms with Gasteiger partial charge in [-0.2, -0.15) is 0 Å². The molecule has 0 saturated heterocycles. The smallest absolute Gasteiger partial charge is 0.332 e. The zero-order valence-corrected chi connectivity index (χ0v) is 16.3. The van der Waals surface area contributed by atoms with Gasteiger partial charge >= 0.3 is 5.69 Å². The second kappa shape index (κ2) is 9.16. The van der Waals surface area contributed by atoms with Gasteiger partial charge in [0.2, 0.25) is 0 Å². The molecule has 0 saturated carbocycles. The van der Waals surface area contributed by atoms with Crippen molar-refractivity contribution in [1.82, 2.24) is 14.5 Å². The number of nitrogens with one attached hydrogen (secondary N) is 1. The lowest BCUT2D eigenvalue weighted by atomic mass is 10.1. The highest BCUT2D eigenvalue weighted by Crippen LogP contribution is 2.09. The van der Waals surface area contributed by atoms with Gasteiger partial charge in [-0.1, -0.05) is 60.7 Å². The highest BCUT2D eigenvalue weighted by molar-refractivity contribution is 6.01. The second-order valence-electron chi connectivity index (χ2n) is 6.68. The molecule has 7 heteroatoms. The Kier molecular flexibility index (Phi) is 6.41. The van der Waals surface area contributed by atoms with E-state index < -0.39 is 17.0 Å². The van der Waals surface area contributed by atoms with Gasteiger partial charge in [-0.05, 0) is 18.1 Å². The molecule has 150 valence electrons. The summed E-state index contributed by atoms with van der Waals surface area (Å²) in [5.41, 5.74) is 6.69. The number of hydrogen-bond acceptors (Lipinski definition) is 5. The number of carbonyl (C=O) groups is 1. The maximum Gasteiger partial charge on any atom is 0.332 e. The van der Waals surface area contributed by atoms with Crippen LogP contribution in [0.3, 0.4) is 0 Å². The average Bonchev–Trinajstić information content (AvgIpc) is 2.73. The van der Waals surface area contributed by atoms with Crippen molar-refractivity contribution in [3.63, 3.8) is 0 Å². The summed E-state index contributed by atoms with van der Waals surface area (Å²) in [5, 5.41) is 3.04. The normalized spacial score (nSPS) is 10.8. The van der Waals surface area contributed by atoms with Crippen molar-refractivity contribution in [1.29, 1.82) is 0 Å². The minimum atomic E-state index is -0.647. The van der Waals surface area contributed by atoms with Crippen molar-refractivity contribution in [2.75, 3.05) is 12.3 Å². The lowest BCUT2D eigenvalue weighted by Gasteiger charge is -2.16. The molecule has 1 heterocycles. The highest BCUT2D eigenvalue weighted by Gasteiger charge is 2.22. The van der Waals surface area contributed by atoms with E-state index in [1.165, 1.54) is 4.57 Å². The third-order valence-corrected chi connectivity index (χ3v) is 4.70. The molecule has 0 unspecified atom stereocenters. The predicted octanol–water partition coefficient (Wildman–Crippen LogP) is 1.63. The number of benzene rings is 2. The number of anilines is 1. The van der Waals surface area contributed by atoms with Gasteiger partial charge in [0.25, 0.3) is 5.56 Å². The lowest BCUT2D eigenvalue weighted by molar-refractivity contribution is 0.0988. The summed E-state index contributed by atoms with van der Waals surface area (Å²) in [6, 6.07) is 18.9. The van der Waals surface area contributed by atoms with Crippen LogP contribution in [-0.4, -0.2) is 21.5 Å². The lowest BCUT2D eigenvalue weighted by Crippen LogP contribution is -2.45. The Morgan fingerprint density at radius 1 is 0.931 bits per heavy atom. The molecule has 0 bridgehead atoms. The summed E-state index contributed by atoms with van der Waals surface area (Å²) >= 11 is 0. The van der Waals surface area contributed by atoms with Crippen LogP contribution in [0.2, 0.25) is 0 Å². The number of carbonyl (C=O) groups excluding carboxylic acids is 1. The number of nitrogen functional groups attached to an aromatic ring is 1. The van der Waals surface area contributed by atoms with Gasteiger partial charge in [0.1, 0.15) is 11.4 Å². The molecule has 0 fully saturated rings. The highest BCUT2D eigenvalue weighted by atomic mass is 16.2. The molecule has 0 aliphatic rings. The van der Waals surface area contributed by atoms with E-state index in [1.807, 2.05) is 60.7 Å². The van der Waals surface area contributed by atoms with Gasteiger partial charge < -0.3 is 11.1 Å². The molecule has 29 heavy (non-hydrogen) atoms. The van der Waals surface area contributed by atoms with Crippen LogP contribution < -0.4 is 22.3 Å². The SMILES string of the molecule is CCn1c(=O)c(C(=O)CNCc2ccccc2)c(N)n(Cc2ccccc2)c1=O. The molecule has 2 aromatic carbocycles. The van der Waals surface area contributed by atoms with Crippen molar-refractivity contribution in [2.24, 2.45) is 0 Å². The molecule has 0 atom stereocenters. The number of rotatable bonds is 8. The monoisotopic (exact) mass is 392 g/mol. The van der Waals surface area contributed by atoms with E-state index in [-0.39, 0.29) is 31.0 Å². The fourth-order valence-electron chi connectivity index (χ4n) is 3.18. The Bertz CT molecular complexity index is 1100. The first-order chi connectivity index (χ1) is 14.0. The van der Waals surface area contributed by atoms with Gasteiger partial charge in [-0.25, -0.2) is 4.79 Å². The summed E-state index contributed by atoms with van der Waals surface area (Å²) < 4.78 is 2.33. The predicted molar refractivity (Wildman–Crippen MR) is 113 cm³/mol. The summed E-state index contributed by atoms with van der Waals surface area (Å²) in [6.07, 6.45) is 0. The van der Waals surface area contributed by atoms with Crippen molar-refractivity contribution in [3.8, 4) is 0 Å². The summed E-state index contributed by atoms with van der Waals surface area (Å²) in [6.45, 7) is 2.46. The van der Waals surface area contributed by atoms with Gasteiger partial charge in [0.05, 0.1) is 13.1 Å². The van der Waals surface area contributed by atoms with Gasteiger partial charge in [0, 0.05) is 13.1 Å². The van der Waals surface area contributed by atoms with E-state index in [4.69, 9.17) is 5.73 Å². The molecule has 0 aliphatic carbocycles. The van der Waals surface area contributed by atoms with Crippen LogP contribution in [0.5, 0.6) is 0 Å². The number of Topliss-reactive ketones (excluding diaryl/α,β-unsaturated/α-hetero) is 1. The van der Waals surface area contributed by atoms with Crippen LogP contribution >= 0.6 is 0 Å². The first-order valence-electron chi connectivity index (χ1n) is 9.47. The Balaban J connectivity index is 1.90. The van der Waals surface area contributed by atoms with Gasteiger partial charge in [0.15, 0.2) is 5.78 Å². The van der Waals surface area contributed by atoms with Crippen LogP contribution in [0.25, 0.3) is 0 Å². The van der Waals surface area contributed by atoms with Crippen LogP contribution in [-0.2, 0) is 19.6 Å². The second-order valence-corrected chi connectivity index (χ2v) is 6.68. The molecule has 0 spiro atoms. The number of aromatic nitrogens is 2. The first kappa shape index (κ1) is 20.3. The minimum Gasteiger partial charge on any atom is -0.384 e. The van der Waals surface area contributed by atoms with Crippen molar-refractivity contribution < 1.29 is 4.79 Å². The molecule has 0 amide bonds. The summed E-state index contributed by atoms with van der Waals surface area (Å²) in [4.78, 5) is 38.3. The molecule has 7 nitrogen and oxygen atoms in total. The molecule has 3 N–H and O–H groups in total. The quantitative estimate of drug-likeness (QED) is 0.568. The Morgan fingerprint density at radius 2 is 1.52 bits per heavy atom. The van der Waals surface area contributed by atoms with Crippen molar-refractivity contribution in [2.45, 2.75) is 26.6 Å². The molecule has 1 aromatic heterocycles. The standard InChI is InChI=1S/C22H24N4O3/c1-2-25-21(28)19(18(27)14-24-13-16-9-5-3-6-10-16)20(23)26(22(25)29)15-17-11-7-4-8-12-17/h3-12,24H,2,13-15,23H2,1H3. The van der Waals surface area contributed by atoms with E-state index in [0.717, 1.165) is 15.7 Å². The summed E-state index contributed by atoms with van der Waals surface area (Å²) in [7, 11) is 0. The van der Waals surface area contributed by atoms with Crippen molar-refractivity contribution in [3.05, 3.63) is 98.2 Å². The van der Waals surface area contributed by atoms with Crippen molar-refractivity contribution >= 4 is 11.6 Å². The molecular formula is C22H24N4O3. The molecule has 0 aliphatic heterocycles. The third kappa shape index (κ3) is 4.52. The summed E-state index contributed by atoms with van der Waals surface area (Å²) in [5.74, 6) is -0.535. The largest absolute Gasteiger partial charge is 0.384 e. The van der Waals surface area contributed by atoms with Crippen LogP contribution in [0.15, 0.2) is 70.3 Å². The van der Waals surface area contributed by atoms with E-state index in [1.54, 1.807) is 6.92 Å². The van der Waals surface area contributed by atoms with E-state index in [2.05, 4.69) is 5.32 Å². The number of hydrogen-bond donors (Lipinski definition) is 2. The van der Waals surface area contributed by atoms with Crippen LogP contribution in [0, 0.1) is 0 Å². The van der Waals surface area contributed by atoms with Crippen LogP contribution in [0.4, 0.5) is 5.82 Å². The Labute approximate surface area is 168 Å². The fourth-order valence-corrected chi connectivity index (χ4v) is 3.18. The van der Waals surface area contributed by atoms with Gasteiger partial charge in [-0.15, -0.1) is 0 Å². The number of ketones is 1. The molecule has 3 aromatic rings. The fraction of sp³-hybridized carbons (Fsp3) is 0.227. The maximum absolute atomic E-state index is 12.8. The maximum atomic E-state index is 12.8. The van der Waals surface area contributed by atoms with Crippen LogP contribution in [0.1, 0.15) is 28.4 Å². The minimum absolute atomic E-state index is 0.0540. The van der Waals surface area contributed by atoms with E-state index in [0.29, 0.717) is 6.54 Å². The first-order valence-corrected chi connectivity index (χ1v) is 9.47. The van der Waals surface area contributed by atoms with E-state index in [9.17, 15) is 14.4 Å². The van der Waals surface area contributed by atoms with Gasteiger partial charge in [-0.3, -0.25) is 18.7 Å². The van der Waals surface area contributed by atoms with E-state index >= 15 is 0 Å².